The van der Waals surface area contributed by atoms with Crippen molar-refractivity contribution in [1.82, 2.24) is 14.7 Å². The number of piperidine rings is 1. The maximum atomic E-state index is 12.9. The van der Waals surface area contributed by atoms with Crippen LogP contribution in [0.1, 0.15) is 51.9 Å². The van der Waals surface area contributed by atoms with Gasteiger partial charge in [0.2, 0.25) is 0 Å². The lowest BCUT2D eigenvalue weighted by Gasteiger charge is -2.35. The molecule has 3 aromatic heterocycles. The summed E-state index contributed by atoms with van der Waals surface area (Å²) < 4.78 is 12.6. The van der Waals surface area contributed by atoms with Crippen LogP contribution < -0.4 is 5.32 Å². The fraction of sp³-hybridized carbons (Fsp3) is 0.381. The van der Waals surface area contributed by atoms with Crippen molar-refractivity contribution in [3.63, 3.8) is 0 Å². The normalized spacial score (nSPS) is 16.8. The number of likely N-dealkylation sites (tertiary alicyclic amines) is 1. The van der Waals surface area contributed by atoms with Gasteiger partial charge in [-0.1, -0.05) is 0 Å². The second-order valence-electron chi connectivity index (χ2n) is 7.37. The second-order valence-corrected chi connectivity index (χ2v) is 7.37. The molecule has 0 radical (unpaired) electrons. The number of furan rings is 2. The van der Waals surface area contributed by atoms with Crippen molar-refractivity contribution in [2.24, 2.45) is 0 Å². The molecule has 3 aromatic rings. The fourth-order valence-corrected chi connectivity index (χ4v) is 3.64. The van der Waals surface area contributed by atoms with E-state index < -0.39 is 0 Å². The first kappa shape index (κ1) is 19.0. The molecule has 0 aliphatic carbocycles. The van der Waals surface area contributed by atoms with Crippen LogP contribution in [0.4, 0.5) is 5.69 Å². The van der Waals surface area contributed by atoms with Gasteiger partial charge in [-0.3, -0.25) is 14.3 Å². The van der Waals surface area contributed by atoms with Gasteiger partial charge in [0.05, 0.1) is 24.5 Å². The number of hydrogen-bond donors (Lipinski definition) is 1. The molecule has 0 spiro atoms. The van der Waals surface area contributed by atoms with Gasteiger partial charge in [0.25, 0.3) is 11.8 Å². The van der Waals surface area contributed by atoms with E-state index in [1.54, 1.807) is 48.3 Å². The Morgan fingerprint density at radius 2 is 1.83 bits per heavy atom. The average Bonchev–Trinajstić information content (AvgIpc) is 3.44. The molecule has 29 heavy (non-hydrogen) atoms. The van der Waals surface area contributed by atoms with Crippen LogP contribution in [0.2, 0.25) is 0 Å². The minimum atomic E-state index is -0.319. The molecule has 0 bridgehead atoms. The van der Waals surface area contributed by atoms with Crippen LogP contribution in [-0.4, -0.2) is 39.1 Å². The van der Waals surface area contributed by atoms with Gasteiger partial charge >= 0.3 is 0 Å². The third-order valence-electron chi connectivity index (χ3n) is 5.09. The van der Waals surface area contributed by atoms with E-state index in [-0.39, 0.29) is 23.6 Å². The molecule has 4 heterocycles. The van der Waals surface area contributed by atoms with Crippen LogP contribution in [0.5, 0.6) is 0 Å². The van der Waals surface area contributed by atoms with Crippen LogP contribution in [0.3, 0.4) is 0 Å². The summed E-state index contributed by atoms with van der Waals surface area (Å²) in [6.07, 6.45) is 6.30. The van der Waals surface area contributed by atoms with E-state index in [9.17, 15) is 9.59 Å². The molecule has 1 aliphatic rings. The lowest BCUT2D eigenvalue weighted by Crippen LogP contribution is -2.45. The molecule has 1 fully saturated rings. The lowest BCUT2D eigenvalue weighted by molar-refractivity contribution is 0.0550. The predicted octanol–water partition coefficient (Wildman–Crippen LogP) is 3.63. The number of aromatic nitrogens is 2. The molecule has 1 unspecified atom stereocenters. The van der Waals surface area contributed by atoms with E-state index >= 15 is 0 Å². The van der Waals surface area contributed by atoms with Gasteiger partial charge < -0.3 is 19.1 Å². The molecule has 152 valence electrons. The SMILES string of the molecule is Cc1ccc(C(=O)Nc2cnn(CC3CCCCN3C(=O)c3ccc(C)o3)c2)o1. The fourth-order valence-electron chi connectivity index (χ4n) is 3.64. The molecule has 1 atom stereocenters. The number of aryl methyl sites for hydroxylation is 2. The van der Waals surface area contributed by atoms with Gasteiger partial charge in [0, 0.05) is 12.7 Å². The van der Waals surface area contributed by atoms with Gasteiger partial charge in [-0.25, -0.2) is 0 Å². The molecular weight excluding hydrogens is 372 g/mol. The van der Waals surface area contributed by atoms with E-state index in [1.807, 2.05) is 11.8 Å². The number of hydrogen-bond acceptors (Lipinski definition) is 5. The third kappa shape index (κ3) is 4.26. The molecule has 1 N–H and O–H groups in total. The quantitative estimate of drug-likeness (QED) is 0.711. The molecule has 8 heteroatoms. The van der Waals surface area contributed by atoms with Crippen molar-refractivity contribution in [3.05, 3.63) is 59.7 Å². The van der Waals surface area contributed by atoms with Crippen LogP contribution in [-0.2, 0) is 6.54 Å². The van der Waals surface area contributed by atoms with Crippen LogP contribution >= 0.6 is 0 Å². The summed E-state index contributed by atoms with van der Waals surface area (Å²) in [5.41, 5.74) is 0.583. The number of anilines is 1. The predicted molar refractivity (Wildman–Crippen MR) is 106 cm³/mol. The molecule has 1 saturated heterocycles. The Kier molecular flexibility index (Phi) is 5.24. The average molecular weight is 396 g/mol. The largest absolute Gasteiger partial charge is 0.456 e. The number of carbonyl (C=O) groups is 2. The van der Waals surface area contributed by atoms with Crippen LogP contribution in [0.25, 0.3) is 0 Å². The Morgan fingerprint density at radius 1 is 1.10 bits per heavy atom. The topological polar surface area (TPSA) is 93.5 Å². The minimum absolute atomic E-state index is 0.0258. The Balaban J connectivity index is 1.42. The molecule has 0 aromatic carbocycles. The van der Waals surface area contributed by atoms with E-state index in [0.717, 1.165) is 25.0 Å². The van der Waals surface area contributed by atoms with Crippen LogP contribution in [0.15, 0.2) is 45.5 Å². The summed E-state index contributed by atoms with van der Waals surface area (Å²) in [6, 6.07) is 6.93. The van der Waals surface area contributed by atoms with E-state index in [0.29, 0.717) is 30.3 Å². The number of amides is 2. The zero-order valence-electron chi connectivity index (χ0n) is 16.6. The highest BCUT2D eigenvalue weighted by atomic mass is 16.4. The first-order valence-electron chi connectivity index (χ1n) is 9.77. The Bertz CT molecular complexity index is 1020. The lowest BCUT2D eigenvalue weighted by atomic mass is 10.0. The van der Waals surface area contributed by atoms with Gasteiger partial charge in [0.1, 0.15) is 11.5 Å². The molecule has 8 nitrogen and oxygen atoms in total. The summed E-state index contributed by atoms with van der Waals surface area (Å²) in [6.45, 7) is 4.87. The molecular formula is C21H24N4O4. The zero-order chi connectivity index (χ0) is 20.4. The summed E-state index contributed by atoms with van der Waals surface area (Å²) in [4.78, 5) is 26.9. The summed E-state index contributed by atoms with van der Waals surface area (Å²) in [5.74, 6) is 1.63. The Morgan fingerprint density at radius 3 is 2.52 bits per heavy atom. The van der Waals surface area contributed by atoms with Gasteiger partial charge in [-0.05, 0) is 57.4 Å². The number of carbonyl (C=O) groups excluding carboxylic acids is 2. The summed E-state index contributed by atoms with van der Waals surface area (Å²) >= 11 is 0. The molecule has 2 amide bonds. The minimum Gasteiger partial charge on any atom is -0.456 e. The summed E-state index contributed by atoms with van der Waals surface area (Å²) in [7, 11) is 0. The highest BCUT2D eigenvalue weighted by molar-refractivity contribution is 6.02. The maximum absolute atomic E-state index is 12.9. The maximum Gasteiger partial charge on any atom is 0.291 e. The molecule has 1 aliphatic heterocycles. The first-order valence-corrected chi connectivity index (χ1v) is 9.77. The highest BCUT2D eigenvalue weighted by Gasteiger charge is 2.29. The van der Waals surface area contributed by atoms with Gasteiger partial charge in [-0.15, -0.1) is 0 Å². The zero-order valence-corrected chi connectivity index (χ0v) is 16.6. The second kappa shape index (κ2) is 7.98. The standard InChI is InChI=1S/C21H24N4O4/c1-14-6-8-18(28-14)20(26)23-16-11-22-24(12-16)13-17-5-3-4-10-25(17)21(27)19-9-7-15(2)29-19/h6-9,11-12,17H,3-5,10,13H2,1-2H3,(H,23,26). The Hall–Kier alpha value is -3.29. The van der Waals surface area contributed by atoms with Crippen molar-refractivity contribution in [1.29, 1.82) is 0 Å². The Labute approximate surface area is 168 Å². The van der Waals surface area contributed by atoms with Crippen molar-refractivity contribution in [2.45, 2.75) is 45.7 Å². The van der Waals surface area contributed by atoms with Gasteiger partial charge in [-0.2, -0.15) is 5.10 Å². The number of rotatable bonds is 5. The van der Waals surface area contributed by atoms with Crippen molar-refractivity contribution in [3.8, 4) is 0 Å². The molecule has 0 saturated carbocycles. The third-order valence-corrected chi connectivity index (χ3v) is 5.09. The van der Waals surface area contributed by atoms with E-state index in [2.05, 4.69) is 10.4 Å². The van der Waals surface area contributed by atoms with Gasteiger partial charge in [0.15, 0.2) is 11.5 Å². The van der Waals surface area contributed by atoms with Crippen LogP contribution in [0, 0.1) is 13.8 Å². The monoisotopic (exact) mass is 396 g/mol. The smallest absolute Gasteiger partial charge is 0.291 e. The van der Waals surface area contributed by atoms with Crippen molar-refractivity contribution < 1.29 is 18.4 Å². The van der Waals surface area contributed by atoms with Crippen molar-refractivity contribution >= 4 is 17.5 Å². The van der Waals surface area contributed by atoms with E-state index in [1.165, 1.54) is 0 Å². The number of nitrogens with zero attached hydrogens (tertiary/aromatic N) is 3. The molecule has 4 rings (SSSR count). The van der Waals surface area contributed by atoms with E-state index in [4.69, 9.17) is 8.83 Å². The first-order chi connectivity index (χ1) is 14.0. The highest BCUT2D eigenvalue weighted by Crippen LogP contribution is 2.22. The van der Waals surface area contributed by atoms with Crippen molar-refractivity contribution in [2.75, 3.05) is 11.9 Å². The summed E-state index contributed by atoms with van der Waals surface area (Å²) in [5, 5.41) is 7.12. The number of nitrogens with one attached hydrogen (secondary N) is 1.